The highest BCUT2D eigenvalue weighted by atomic mass is 16.1. The van der Waals surface area contributed by atoms with Gasteiger partial charge in [0.25, 0.3) is 5.91 Å². The molecule has 0 aliphatic heterocycles. The predicted octanol–water partition coefficient (Wildman–Crippen LogP) is 3.37. The Morgan fingerprint density at radius 2 is 1.73 bits per heavy atom. The minimum absolute atomic E-state index is 0.0523. The lowest BCUT2D eigenvalue weighted by molar-refractivity contribution is 0.0939. The molecule has 1 aromatic carbocycles. The summed E-state index contributed by atoms with van der Waals surface area (Å²) in [5.74, 6) is 0.512. The highest BCUT2D eigenvalue weighted by molar-refractivity contribution is 5.94. The molecule has 1 amide bonds. The first-order valence-electron chi connectivity index (χ1n) is 7.48. The second kappa shape index (κ2) is 7.02. The van der Waals surface area contributed by atoms with Gasteiger partial charge in [-0.2, -0.15) is 0 Å². The number of carbonyl (C=O) groups excluding carboxylic acids is 1. The number of hydrogen-bond acceptors (Lipinski definition) is 4. The molecule has 1 unspecified atom stereocenters. The normalized spacial score (nSPS) is 11.8. The van der Waals surface area contributed by atoms with E-state index in [0.29, 0.717) is 11.5 Å². The lowest BCUT2D eigenvalue weighted by Gasteiger charge is -2.12. The second-order valence-electron chi connectivity index (χ2n) is 5.46. The van der Waals surface area contributed by atoms with E-state index in [9.17, 15) is 4.79 Å². The molecular weight excluding hydrogens is 276 g/mol. The number of aromatic nitrogens is 2. The molecule has 116 valence electrons. The minimum Gasteiger partial charge on any atom is -0.350 e. The summed E-state index contributed by atoms with van der Waals surface area (Å²) in [4.78, 5) is 20.7. The Balaban J connectivity index is 2.07. The zero-order chi connectivity index (χ0) is 16.1. The monoisotopic (exact) mass is 298 g/mol. The molecule has 2 rings (SSSR count). The summed E-state index contributed by atoms with van der Waals surface area (Å²) in [6.07, 6.45) is 0.912. The van der Waals surface area contributed by atoms with Crippen LogP contribution in [-0.4, -0.2) is 21.9 Å². The van der Waals surface area contributed by atoms with Crippen molar-refractivity contribution in [2.75, 3.05) is 5.32 Å². The number of nitrogens with one attached hydrogen (secondary N) is 2. The maximum Gasteiger partial charge on any atom is 0.251 e. The fourth-order valence-corrected chi connectivity index (χ4v) is 2.03. The van der Waals surface area contributed by atoms with E-state index in [-0.39, 0.29) is 11.9 Å². The fraction of sp³-hybridized carbons (Fsp3) is 0.353. The van der Waals surface area contributed by atoms with Gasteiger partial charge in [-0.15, -0.1) is 0 Å². The van der Waals surface area contributed by atoms with Crippen molar-refractivity contribution in [2.24, 2.45) is 0 Å². The number of rotatable bonds is 5. The third kappa shape index (κ3) is 4.28. The highest BCUT2D eigenvalue weighted by Crippen LogP contribution is 2.15. The molecule has 1 heterocycles. The molecule has 0 aliphatic rings. The van der Waals surface area contributed by atoms with Crippen molar-refractivity contribution in [3.8, 4) is 0 Å². The SMILES string of the molecule is CCC(C)NC(=O)c1ccc(Nc2nc(C)cc(C)n2)cc1. The van der Waals surface area contributed by atoms with Gasteiger partial charge < -0.3 is 10.6 Å². The molecule has 5 heteroatoms. The first-order valence-corrected chi connectivity index (χ1v) is 7.48. The standard InChI is InChI=1S/C17H22N4O/c1-5-11(2)18-16(22)14-6-8-15(9-7-14)21-17-19-12(3)10-13(4)20-17/h6-11H,5H2,1-4H3,(H,18,22)(H,19,20,21). The van der Waals surface area contributed by atoms with Crippen LogP contribution in [0.1, 0.15) is 42.0 Å². The summed E-state index contributed by atoms with van der Waals surface area (Å²) in [6.45, 7) is 7.90. The summed E-state index contributed by atoms with van der Waals surface area (Å²) in [7, 11) is 0. The summed E-state index contributed by atoms with van der Waals surface area (Å²) in [5.41, 5.74) is 3.33. The molecule has 0 radical (unpaired) electrons. The molecule has 5 nitrogen and oxygen atoms in total. The first kappa shape index (κ1) is 15.9. The van der Waals surface area contributed by atoms with Crippen LogP contribution in [0.4, 0.5) is 11.6 Å². The Hall–Kier alpha value is -2.43. The Morgan fingerprint density at radius 3 is 2.27 bits per heavy atom. The molecule has 1 aromatic heterocycles. The van der Waals surface area contributed by atoms with Crippen molar-refractivity contribution < 1.29 is 4.79 Å². The minimum atomic E-state index is -0.0523. The van der Waals surface area contributed by atoms with E-state index in [2.05, 4.69) is 20.6 Å². The van der Waals surface area contributed by atoms with Crippen LogP contribution in [0, 0.1) is 13.8 Å². The topological polar surface area (TPSA) is 66.9 Å². The van der Waals surface area contributed by atoms with Gasteiger partial charge in [-0.3, -0.25) is 4.79 Å². The van der Waals surface area contributed by atoms with Crippen LogP contribution >= 0.6 is 0 Å². The van der Waals surface area contributed by atoms with Gasteiger partial charge >= 0.3 is 0 Å². The summed E-state index contributed by atoms with van der Waals surface area (Å²) >= 11 is 0. The van der Waals surface area contributed by atoms with E-state index in [1.807, 2.05) is 45.9 Å². The van der Waals surface area contributed by atoms with Gasteiger partial charge in [0, 0.05) is 28.7 Å². The number of aryl methyl sites for hydroxylation is 2. The van der Waals surface area contributed by atoms with E-state index < -0.39 is 0 Å². The van der Waals surface area contributed by atoms with Crippen LogP contribution in [0.5, 0.6) is 0 Å². The van der Waals surface area contributed by atoms with Gasteiger partial charge in [0.2, 0.25) is 5.95 Å². The van der Waals surface area contributed by atoms with Crippen LogP contribution in [0.15, 0.2) is 30.3 Å². The summed E-state index contributed by atoms with van der Waals surface area (Å²) in [6, 6.07) is 9.40. The number of carbonyl (C=O) groups is 1. The van der Waals surface area contributed by atoms with Gasteiger partial charge in [0.1, 0.15) is 0 Å². The van der Waals surface area contributed by atoms with Crippen LogP contribution in [-0.2, 0) is 0 Å². The molecule has 2 N–H and O–H groups in total. The van der Waals surface area contributed by atoms with Crippen molar-refractivity contribution in [1.82, 2.24) is 15.3 Å². The van der Waals surface area contributed by atoms with Gasteiger partial charge in [-0.1, -0.05) is 6.92 Å². The molecule has 0 saturated heterocycles. The third-order valence-corrected chi connectivity index (χ3v) is 3.38. The van der Waals surface area contributed by atoms with Crippen LogP contribution in [0.2, 0.25) is 0 Å². The Bertz CT molecular complexity index is 632. The molecule has 0 bridgehead atoms. The summed E-state index contributed by atoms with van der Waals surface area (Å²) < 4.78 is 0. The van der Waals surface area contributed by atoms with Gasteiger partial charge in [0.15, 0.2) is 0 Å². The highest BCUT2D eigenvalue weighted by Gasteiger charge is 2.08. The smallest absolute Gasteiger partial charge is 0.251 e. The average molecular weight is 298 g/mol. The lowest BCUT2D eigenvalue weighted by Crippen LogP contribution is -2.31. The lowest BCUT2D eigenvalue weighted by atomic mass is 10.1. The van der Waals surface area contributed by atoms with E-state index >= 15 is 0 Å². The number of amides is 1. The number of hydrogen-bond donors (Lipinski definition) is 2. The molecule has 0 spiro atoms. The van der Waals surface area contributed by atoms with Crippen molar-refractivity contribution in [3.05, 3.63) is 47.3 Å². The van der Waals surface area contributed by atoms with Crippen LogP contribution < -0.4 is 10.6 Å². The zero-order valence-electron chi connectivity index (χ0n) is 13.5. The molecular formula is C17H22N4O. The van der Waals surface area contributed by atoms with Crippen LogP contribution in [0.25, 0.3) is 0 Å². The molecule has 22 heavy (non-hydrogen) atoms. The third-order valence-electron chi connectivity index (χ3n) is 3.38. The first-order chi connectivity index (χ1) is 10.5. The maximum atomic E-state index is 12.0. The number of benzene rings is 1. The Labute approximate surface area is 131 Å². The van der Waals surface area contributed by atoms with Crippen molar-refractivity contribution in [3.63, 3.8) is 0 Å². The maximum absolute atomic E-state index is 12.0. The molecule has 0 fully saturated rings. The van der Waals surface area contributed by atoms with Crippen LogP contribution in [0.3, 0.4) is 0 Å². The van der Waals surface area contributed by atoms with Gasteiger partial charge in [-0.05, 0) is 57.5 Å². The van der Waals surface area contributed by atoms with Crippen molar-refractivity contribution >= 4 is 17.5 Å². The molecule has 2 aromatic rings. The largest absolute Gasteiger partial charge is 0.350 e. The average Bonchev–Trinajstić information content (AvgIpc) is 2.46. The molecule has 1 atom stereocenters. The van der Waals surface area contributed by atoms with Gasteiger partial charge in [0.05, 0.1) is 0 Å². The van der Waals surface area contributed by atoms with E-state index in [0.717, 1.165) is 23.5 Å². The van der Waals surface area contributed by atoms with E-state index in [1.165, 1.54) is 0 Å². The van der Waals surface area contributed by atoms with E-state index in [1.54, 1.807) is 12.1 Å². The quantitative estimate of drug-likeness (QED) is 0.888. The zero-order valence-corrected chi connectivity index (χ0v) is 13.5. The van der Waals surface area contributed by atoms with Crippen molar-refractivity contribution in [1.29, 1.82) is 0 Å². The second-order valence-corrected chi connectivity index (χ2v) is 5.46. The van der Waals surface area contributed by atoms with Crippen molar-refractivity contribution in [2.45, 2.75) is 40.2 Å². The fourth-order valence-electron chi connectivity index (χ4n) is 2.03. The molecule has 0 aliphatic carbocycles. The van der Waals surface area contributed by atoms with Gasteiger partial charge in [-0.25, -0.2) is 9.97 Å². The summed E-state index contributed by atoms with van der Waals surface area (Å²) in [5, 5.41) is 6.10. The Morgan fingerprint density at radius 1 is 1.14 bits per heavy atom. The van der Waals surface area contributed by atoms with E-state index in [4.69, 9.17) is 0 Å². The Kier molecular flexibility index (Phi) is 5.09. The number of nitrogens with zero attached hydrogens (tertiary/aromatic N) is 2. The number of anilines is 2. The molecule has 0 saturated carbocycles. The predicted molar refractivity (Wildman–Crippen MR) is 88.4 cm³/mol.